The van der Waals surface area contributed by atoms with Crippen LogP contribution in [0.5, 0.6) is 11.5 Å². The number of rotatable bonds is 7. The summed E-state index contributed by atoms with van der Waals surface area (Å²) in [6, 6.07) is 18.2. The van der Waals surface area contributed by atoms with E-state index in [0.717, 1.165) is 16.9 Å². The Morgan fingerprint density at radius 3 is 2.41 bits per heavy atom. The van der Waals surface area contributed by atoms with Crippen LogP contribution < -0.4 is 14.8 Å². The number of halogens is 2. The number of hydrogen-bond acceptors (Lipinski definition) is 3. The fraction of sp³-hybridized carbons (Fsp3) is 0.269. The molecule has 0 heterocycles. The fourth-order valence-electron chi connectivity index (χ4n) is 3.29. The molecular weight excluding hydrogens is 445 g/mol. The molecule has 0 fully saturated rings. The SMILES string of the molecule is CCOc1ccc(C(=O)Nc2cc(Cl)ccc2Cl)cc1COc1ccccc1C(C)(C)C. The summed E-state index contributed by atoms with van der Waals surface area (Å²) in [5, 5.41) is 3.71. The maximum absolute atomic E-state index is 12.9. The third-order valence-electron chi connectivity index (χ3n) is 4.88. The molecule has 1 amide bonds. The minimum absolute atomic E-state index is 0.0582. The van der Waals surface area contributed by atoms with Crippen LogP contribution in [0.3, 0.4) is 0 Å². The molecule has 0 aromatic heterocycles. The van der Waals surface area contributed by atoms with Crippen LogP contribution in [0.2, 0.25) is 10.0 Å². The van der Waals surface area contributed by atoms with E-state index < -0.39 is 0 Å². The standard InChI is InChI=1S/C26H27Cl2NO3/c1-5-31-23-13-10-17(25(30)29-22-15-19(27)11-12-21(22)28)14-18(23)16-32-24-9-7-6-8-20(24)26(2,3)4/h6-15H,5,16H2,1-4H3,(H,29,30). The molecule has 1 N–H and O–H groups in total. The maximum atomic E-state index is 12.9. The largest absolute Gasteiger partial charge is 0.493 e. The van der Waals surface area contributed by atoms with Crippen LogP contribution in [-0.2, 0) is 12.0 Å². The number of benzene rings is 3. The summed E-state index contributed by atoms with van der Waals surface area (Å²) in [6.45, 7) is 9.13. The predicted octanol–water partition coefficient (Wildman–Crippen LogP) is 7.52. The molecule has 0 aliphatic carbocycles. The van der Waals surface area contributed by atoms with Crippen molar-refractivity contribution in [3.8, 4) is 11.5 Å². The van der Waals surface area contributed by atoms with Gasteiger partial charge >= 0.3 is 0 Å². The van der Waals surface area contributed by atoms with Gasteiger partial charge in [0.05, 0.1) is 17.3 Å². The van der Waals surface area contributed by atoms with Crippen molar-refractivity contribution in [1.82, 2.24) is 0 Å². The zero-order chi connectivity index (χ0) is 23.3. The van der Waals surface area contributed by atoms with E-state index in [2.05, 4.69) is 32.2 Å². The van der Waals surface area contributed by atoms with Crippen LogP contribution in [0.25, 0.3) is 0 Å². The van der Waals surface area contributed by atoms with E-state index in [4.69, 9.17) is 32.7 Å². The Balaban J connectivity index is 1.85. The van der Waals surface area contributed by atoms with E-state index in [-0.39, 0.29) is 17.9 Å². The zero-order valence-electron chi connectivity index (χ0n) is 18.7. The molecule has 4 nitrogen and oxygen atoms in total. The first-order valence-electron chi connectivity index (χ1n) is 10.4. The molecule has 3 aromatic carbocycles. The van der Waals surface area contributed by atoms with E-state index in [0.29, 0.717) is 33.7 Å². The molecule has 0 aliphatic rings. The number of hydrogen-bond donors (Lipinski definition) is 1. The molecule has 0 aliphatic heterocycles. The summed E-state index contributed by atoms with van der Waals surface area (Å²) >= 11 is 12.2. The molecule has 3 aromatic rings. The van der Waals surface area contributed by atoms with Gasteiger partial charge in [-0.15, -0.1) is 0 Å². The summed E-state index contributed by atoms with van der Waals surface area (Å²) in [7, 11) is 0. The highest BCUT2D eigenvalue weighted by molar-refractivity contribution is 6.35. The van der Waals surface area contributed by atoms with Crippen LogP contribution in [0.15, 0.2) is 60.7 Å². The van der Waals surface area contributed by atoms with Crippen molar-refractivity contribution in [2.75, 3.05) is 11.9 Å². The highest BCUT2D eigenvalue weighted by Crippen LogP contribution is 2.32. The average molecular weight is 472 g/mol. The van der Waals surface area contributed by atoms with E-state index in [1.165, 1.54) is 0 Å². The van der Waals surface area contributed by atoms with E-state index in [9.17, 15) is 4.79 Å². The Morgan fingerprint density at radius 1 is 0.938 bits per heavy atom. The van der Waals surface area contributed by atoms with Crippen molar-refractivity contribution in [1.29, 1.82) is 0 Å². The Bertz CT molecular complexity index is 1110. The van der Waals surface area contributed by atoms with Gasteiger partial charge in [-0.25, -0.2) is 0 Å². The second-order valence-electron chi connectivity index (χ2n) is 8.37. The van der Waals surface area contributed by atoms with Crippen LogP contribution in [-0.4, -0.2) is 12.5 Å². The summed E-state index contributed by atoms with van der Waals surface area (Å²) in [4.78, 5) is 12.9. The Hall–Kier alpha value is -2.69. The molecule has 0 saturated carbocycles. The van der Waals surface area contributed by atoms with Gasteiger partial charge in [-0.2, -0.15) is 0 Å². The maximum Gasteiger partial charge on any atom is 0.255 e. The normalized spacial score (nSPS) is 11.2. The van der Waals surface area contributed by atoms with E-state index in [1.54, 1.807) is 36.4 Å². The van der Waals surface area contributed by atoms with Crippen molar-refractivity contribution in [2.24, 2.45) is 0 Å². The molecule has 0 unspecified atom stereocenters. The smallest absolute Gasteiger partial charge is 0.255 e. The predicted molar refractivity (Wildman–Crippen MR) is 132 cm³/mol. The minimum atomic E-state index is -0.298. The molecule has 0 spiro atoms. The first-order chi connectivity index (χ1) is 15.2. The second-order valence-corrected chi connectivity index (χ2v) is 9.21. The van der Waals surface area contributed by atoms with Gasteiger partial charge in [-0.3, -0.25) is 4.79 Å². The van der Waals surface area contributed by atoms with Gasteiger partial charge in [0.25, 0.3) is 5.91 Å². The summed E-state index contributed by atoms with van der Waals surface area (Å²) < 4.78 is 11.9. The second kappa shape index (κ2) is 10.3. The monoisotopic (exact) mass is 471 g/mol. The first-order valence-corrected chi connectivity index (χ1v) is 11.2. The number of amides is 1. The van der Waals surface area contributed by atoms with Gasteiger partial charge in [0.15, 0.2) is 0 Å². The zero-order valence-corrected chi connectivity index (χ0v) is 20.2. The third-order valence-corrected chi connectivity index (χ3v) is 5.44. The molecule has 168 valence electrons. The van der Waals surface area contributed by atoms with Gasteiger partial charge in [-0.05, 0) is 60.4 Å². The van der Waals surface area contributed by atoms with Crippen molar-refractivity contribution in [3.05, 3.63) is 87.4 Å². The topological polar surface area (TPSA) is 47.6 Å². The Kier molecular flexibility index (Phi) is 7.70. The third kappa shape index (κ3) is 5.96. The summed E-state index contributed by atoms with van der Waals surface area (Å²) in [6.07, 6.45) is 0. The van der Waals surface area contributed by atoms with Gasteiger partial charge in [0.2, 0.25) is 0 Å². The molecule has 0 atom stereocenters. The summed E-state index contributed by atoms with van der Waals surface area (Å²) in [5.41, 5.74) is 2.75. The molecule has 0 saturated heterocycles. The number of para-hydroxylation sites is 1. The fourth-order valence-corrected chi connectivity index (χ4v) is 3.62. The lowest BCUT2D eigenvalue weighted by Gasteiger charge is -2.23. The first kappa shape index (κ1) is 24.0. The van der Waals surface area contributed by atoms with E-state index in [1.807, 2.05) is 25.1 Å². The minimum Gasteiger partial charge on any atom is -0.493 e. The average Bonchev–Trinajstić information content (AvgIpc) is 2.75. The van der Waals surface area contributed by atoms with E-state index >= 15 is 0 Å². The van der Waals surface area contributed by atoms with Gasteiger partial charge in [0, 0.05) is 16.1 Å². The number of ether oxygens (including phenoxy) is 2. The molecule has 0 radical (unpaired) electrons. The molecule has 6 heteroatoms. The lowest BCUT2D eigenvalue weighted by Crippen LogP contribution is -2.14. The molecule has 3 rings (SSSR count). The lowest BCUT2D eigenvalue weighted by atomic mass is 9.86. The van der Waals surface area contributed by atoms with Crippen LogP contribution >= 0.6 is 23.2 Å². The Labute approximate surface area is 199 Å². The van der Waals surface area contributed by atoms with Gasteiger partial charge in [-0.1, -0.05) is 62.2 Å². The lowest BCUT2D eigenvalue weighted by molar-refractivity contribution is 0.102. The van der Waals surface area contributed by atoms with Crippen molar-refractivity contribution >= 4 is 34.8 Å². The highest BCUT2D eigenvalue weighted by Gasteiger charge is 2.19. The quantitative estimate of drug-likeness (QED) is 0.387. The number of carbonyl (C=O) groups excluding carboxylic acids is 1. The van der Waals surface area contributed by atoms with Crippen LogP contribution in [0, 0.1) is 0 Å². The van der Waals surface area contributed by atoms with Gasteiger partial charge in [0.1, 0.15) is 18.1 Å². The van der Waals surface area contributed by atoms with Crippen molar-refractivity contribution < 1.29 is 14.3 Å². The molecular formula is C26H27Cl2NO3. The summed E-state index contributed by atoms with van der Waals surface area (Å²) in [5.74, 6) is 1.19. The number of carbonyl (C=O) groups is 1. The van der Waals surface area contributed by atoms with Crippen molar-refractivity contribution in [2.45, 2.75) is 39.7 Å². The van der Waals surface area contributed by atoms with Crippen LogP contribution in [0.1, 0.15) is 49.2 Å². The van der Waals surface area contributed by atoms with Crippen LogP contribution in [0.4, 0.5) is 5.69 Å². The van der Waals surface area contributed by atoms with Gasteiger partial charge < -0.3 is 14.8 Å². The highest BCUT2D eigenvalue weighted by atomic mass is 35.5. The van der Waals surface area contributed by atoms with Crippen molar-refractivity contribution in [3.63, 3.8) is 0 Å². The Morgan fingerprint density at radius 2 is 1.69 bits per heavy atom. The number of anilines is 1. The molecule has 32 heavy (non-hydrogen) atoms. The number of nitrogens with one attached hydrogen (secondary N) is 1. The molecule has 0 bridgehead atoms.